The van der Waals surface area contributed by atoms with E-state index in [-0.39, 0.29) is 18.6 Å². The molecule has 0 aliphatic rings. The Morgan fingerprint density at radius 1 is 1.43 bits per heavy atom. The molecule has 0 fully saturated rings. The van der Waals surface area contributed by atoms with Crippen molar-refractivity contribution in [3.05, 3.63) is 27.4 Å². The number of nitrogens with one attached hydrogen (secondary N) is 1. The fourth-order valence-electron chi connectivity index (χ4n) is 1.90. The summed E-state index contributed by atoms with van der Waals surface area (Å²) in [7, 11) is 1.56. The first-order valence-corrected chi connectivity index (χ1v) is 8.72. The molecule has 1 amide bonds. The van der Waals surface area contributed by atoms with E-state index in [1.54, 1.807) is 25.4 Å². The minimum Gasteiger partial charge on any atom is -0.451 e. The van der Waals surface area contributed by atoms with Crippen LogP contribution in [-0.2, 0) is 14.3 Å². The number of nitrogens with zero attached hydrogens (tertiary/aromatic N) is 1. The van der Waals surface area contributed by atoms with E-state index in [1.807, 2.05) is 23.8 Å². The molecule has 0 saturated heterocycles. The topological polar surface area (TPSA) is 77.5 Å². The third kappa shape index (κ3) is 4.85. The van der Waals surface area contributed by atoms with Gasteiger partial charge in [0, 0.05) is 24.1 Å². The SMILES string of the molecule is COCC(C)NC(=O)COC(=O)c1sc(-c2ccsc2)nc1C. The standard InChI is InChI=1S/C15H18N2O4S2/c1-9(6-20-3)16-12(18)7-21-15(19)13-10(2)17-14(23-13)11-4-5-22-8-11/h4-5,8-9H,6-7H2,1-3H3,(H,16,18). The number of ether oxygens (including phenoxy) is 2. The third-order valence-corrected chi connectivity index (χ3v) is 4.78. The number of thiazole rings is 1. The van der Waals surface area contributed by atoms with Crippen LogP contribution in [0.5, 0.6) is 0 Å². The quantitative estimate of drug-likeness (QED) is 0.773. The van der Waals surface area contributed by atoms with Crippen molar-refractivity contribution in [3.63, 3.8) is 0 Å². The van der Waals surface area contributed by atoms with Crippen LogP contribution in [0.4, 0.5) is 0 Å². The fourth-order valence-corrected chi connectivity index (χ4v) is 3.57. The molecule has 23 heavy (non-hydrogen) atoms. The first-order chi connectivity index (χ1) is 11.0. The van der Waals surface area contributed by atoms with Gasteiger partial charge in [-0.3, -0.25) is 4.79 Å². The van der Waals surface area contributed by atoms with E-state index < -0.39 is 5.97 Å². The molecule has 1 unspecified atom stereocenters. The molecule has 8 heteroatoms. The van der Waals surface area contributed by atoms with Crippen LogP contribution in [-0.4, -0.2) is 43.2 Å². The maximum absolute atomic E-state index is 12.1. The Morgan fingerprint density at radius 2 is 2.22 bits per heavy atom. The van der Waals surface area contributed by atoms with Gasteiger partial charge in [0.25, 0.3) is 5.91 Å². The van der Waals surface area contributed by atoms with Crippen molar-refractivity contribution < 1.29 is 19.1 Å². The van der Waals surface area contributed by atoms with E-state index in [2.05, 4.69) is 10.3 Å². The molecule has 6 nitrogen and oxygen atoms in total. The summed E-state index contributed by atoms with van der Waals surface area (Å²) >= 11 is 2.84. The molecule has 0 aromatic carbocycles. The summed E-state index contributed by atoms with van der Waals surface area (Å²) in [6, 6.07) is 1.81. The lowest BCUT2D eigenvalue weighted by Crippen LogP contribution is -2.38. The highest BCUT2D eigenvalue weighted by atomic mass is 32.1. The highest BCUT2D eigenvalue weighted by molar-refractivity contribution is 7.17. The summed E-state index contributed by atoms with van der Waals surface area (Å²) in [5.74, 6) is -0.890. The molecule has 2 aromatic rings. The molecule has 0 bridgehead atoms. The van der Waals surface area contributed by atoms with Gasteiger partial charge in [-0.05, 0) is 25.3 Å². The summed E-state index contributed by atoms with van der Waals surface area (Å²) in [4.78, 5) is 28.6. The van der Waals surface area contributed by atoms with Crippen molar-refractivity contribution in [1.29, 1.82) is 0 Å². The average Bonchev–Trinajstić information content (AvgIpc) is 3.14. The second-order valence-electron chi connectivity index (χ2n) is 4.95. The molecular formula is C15H18N2O4S2. The molecule has 0 spiro atoms. The Bertz CT molecular complexity index is 667. The van der Waals surface area contributed by atoms with Gasteiger partial charge in [0.2, 0.25) is 0 Å². The highest BCUT2D eigenvalue weighted by Crippen LogP contribution is 2.29. The number of methoxy groups -OCH3 is 1. The zero-order chi connectivity index (χ0) is 16.8. The van der Waals surface area contributed by atoms with Crippen molar-refractivity contribution in [3.8, 4) is 10.6 Å². The fraction of sp³-hybridized carbons (Fsp3) is 0.400. The van der Waals surface area contributed by atoms with Crippen LogP contribution in [0.3, 0.4) is 0 Å². The predicted molar refractivity (Wildman–Crippen MR) is 89.9 cm³/mol. The molecule has 0 aliphatic carbocycles. The summed E-state index contributed by atoms with van der Waals surface area (Å²) in [6.07, 6.45) is 0. The van der Waals surface area contributed by atoms with E-state index in [4.69, 9.17) is 9.47 Å². The van der Waals surface area contributed by atoms with Crippen molar-refractivity contribution in [2.24, 2.45) is 0 Å². The van der Waals surface area contributed by atoms with Gasteiger partial charge in [0.05, 0.1) is 12.3 Å². The summed E-state index contributed by atoms with van der Waals surface area (Å²) < 4.78 is 9.99. The lowest BCUT2D eigenvalue weighted by atomic mass is 10.3. The molecule has 2 aromatic heterocycles. The number of hydrogen-bond donors (Lipinski definition) is 1. The first-order valence-electron chi connectivity index (χ1n) is 6.96. The number of aromatic nitrogens is 1. The van der Waals surface area contributed by atoms with Crippen LogP contribution in [0.1, 0.15) is 22.3 Å². The second-order valence-corrected chi connectivity index (χ2v) is 6.72. The van der Waals surface area contributed by atoms with Gasteiger partial charge in [-0.2, -0.15) is 11.3 Å². The molecule has 1 N–H and O–H groups in total. The molecule has 124 valence electrons. The van der Waals surface area contributed by atoms with Crippen LogP contribution in [0.15, 0.2) is 16.8 Å². The van der Waals surface area contributed by atoms with Gasteiger partial charge < -0.3 is 14.8 Å². The number of amides is 1. The number of carbonyl (C=O) groups excluding carboxylic acids is 2. The normalized spacial score (nSPS) is 12.0. The maximum Gasteiger partial charge on any atom is 0.350 e. The van der Waals surface area contributed by atoms with Gasteiger partial charge in [0.15, 0.2) is 6.61 Å². The molecule has 2 heterocycles. The summed E-state index contributed by atoms with van der Waals surface area (Å²) in [6.45, 7) is 3.64. The van der Waals surface area contributed by atoms with Crippen LogP contribution in [0, 0.1) is 6.92 Å². The Labute approximate surface area is 142 Å². The largest absolute Gasteiger partial charge is 0.451 e. The minimum atomic E-state index is -0.531. The van der Waals surface area contributed by atoms with Crippen molar-refractivity contribution >= 4 is 34.6 Å². The number of rotatable bonds is 7. The number of hydrogen-bond acceptors (Lipinski definition) is 7. The van der Waals surface area contributed by atoms with Crippen LogP contribution < -0.4 is 5.32 Å². The van der Waals surface area contributed by atoms with Crippen molar-refractivity contribution in [2.75, 3.05) is 20.3 Å². The Morgan fingerprint density at radius 3 is 2.87 bits per heavy atom. The van der Waals surface area contributed by atoms with Gasteiger partial charge in [-0.1, -0.05) is 0 Å². The van der Waals surface area contributed by atoms with E-state index in [9.17, 15) is 9.59 Å². The lowest BCUT2D eigenvalue weighted by Gasteiger charge is -2.12. The third-order valence-electron chi connectivity index (χ3n) is 2.91. The smallest absolute Gasteiger partial charge is 0.350 e. The molecule has 2 rings (SSSR count). The number of carbonyl (C=O) groups is 2. The van der Waals surface area contributed by atoms with Gasteiger partial charge >= 0.3 is 5.97 Å². The number of thiophene rings is 1. The minimum absolute atomic E-state index is 0.137. The van der Waals surface area contributed by atoms with E-state index >= 15 is 0 Å². The lowest BCUT2D eigenvalue weighted by molar-refractivity contribution is -0.125. The van der Waals surface area contributed by atoms with E-state index in [0.29, 0.717) is 17.2 Å². The zero-order valence-electron chi connectivity index (χ0n) is 13.1. The Balaban J connectivity index is 1.92. The van der Waals surface area contributed by atoms with Gasteiger partial charge in [0.1, 0.15) is 9.88 Å². The van der Waals surface area contributed by atoms with Crippen LogP contribution in [0.2, 0.25) is 0 Å². The average molecular weight is 354 g/mol. The second kappa shape index (κ2) is 8.19. The number of esters is 1. The summed E-state index contributed by atoms with van der Waals surface area (Å²) in [5.41, 5.74) is 1.59. The molecular weight excluding hydrogens is 336 g/mol. The van der Waals surface area contributed by atoms with Crippen molar-refractivity contribution in [2.45, 2.75) is 19.9 Å². The summed E-state index contributed by atoms with van der Waals surface area (Å²) in [5, 5.41) is 7.37. The molecule has 0 radical (unpaired) electrons. The van der Waals surface area contributed by atoms with E-state index in [0.717, 1.165) is 10.6 Å². The van der Waals surface area contributed by atoms with Gasteiger partial charge in [-0.25, -0.2) is 9.78 Å². The maximum atomic E-state index is 12.1. The van der Waals surface area contributed by atoms with Crippen LogP contribution in [0.25, 0.3) is 10.6 Å². The van der Waals surface area contributed by atoms with Gasteiger partial charge in [-0.15, -0.1) is 11.3 Å². The molecule has 0 saturated carbocycles. The monoisotopic (exact) mass is 354 g/mol. The Hall–Kier alpha value is -1.77. The highest BCUT2D eigenvalue weighted by Gasteiger charge is 2.19. The Kier molecular flexibility index (Phi) is 6.26. The molecule has 0 aliphatic heterocycles. The number of aryl methyl sites for hydroxylation is 1. The molecule has 1 atom stereocenters. The van der Waals surface area contributed by atoms with Crippen molar-refractivity contribution in [1.82, 2.24) is 10.3 Å². The predicted octanol–water partition coefficient (Wildman–Crippen LogP) is 2.49. The first kappa shape index (κ1) is 17.6. The van der Waals surface area contributed by atoms with E-state index in [1.165, 1.54) is 11.3 Å². The van der Waals surface area contributed by atoms with Crippen LogP contribution >= 0.6 is 22.7 Å². The zero-order valence-corrected chi connectivity index (χ0v) is 14.8.